The molecule has 1 heterocycles. The van der Waals surface area contributed by atoms with Crippen LogP contribution >= 0.6 is 11.3 Å². The van der Waals surface area contributed by atoms with Crippen molar-refractivity contribution >= 4 is 71.5 Å². The Labute approximate surface area is 335 Å². The third kappa shape index (κ3) is 5.55. The minimum Gasteiger partial charge on any atom is -0.139 e. The van der Waals surface area contributed by atoms with Gasteiger partial charge in [0.1, 0.15) is 0 Å². The molecule has 0 amide bonds. The van der Waals surface area contributed by atoms with Crippen LogP contribution in [0, 0.1) is 13.8 Å². The lowest BCUT2D eigenvalue weighted by Crippen LogP contribution is -2.15. The molecule has 0 N–H and O–H groups in total. The fourth-order valence-corrected chi connectivity index (χ4v) is 11.0. The van der Waals surface area contributed by atoms with Crippen LogP contribution in [0.3, 0.4) is 0 Å². The number of rotatable bonds is 6. The number of aryl methyl sites for hydroxylation is 2. The zero-order chi connectivity index (χ0) is 38.7. The summed E-state index contributed by atoms with van der Waals surface area (Å²) in [5.74, 6) is 0. The third-order valence-corrected chi connectivity index (χ3v) is 13.3. The summed E-state index contributed by atoms with van der Waals surface area (Å²) in [4.78, 5) is 1.38. The Hall–Kier alpha value is -5.76. The third-order valence-electron chi connectivity index (χ3n) is 12.1. The smallest absolute Gasteiger partial charge is 0.0433 e. The van der Waals surface area contributed by atoms with E-state index in [1.807, 2.05) is 11.3 Å². The Morgan fingerprint density at radius 2 is 1.16 bits per heavy atom. The molecule has 0 bridgehead atoms. The van der Waals surface area contributed by atoms with Crippen LogP contribution in [-0.2, 0) is 11.8 Å². The average molecular weight is 741 g/mol. The predicted molar refractivity (Wildman–Crippen MR) is 249 cm³/mol. The summed E-state index contributed by atoms with van der Waals surface area (Å²) in [6, 6.07) is 43.3. The largest absolute Gasteiger partial charge is 0.139 e. The molecule has 1 aliphatic rings. The number of fused-ring (bicyclic) bond motifs is 8. The monoisotopic (exact) mass is 740 g/mol. The van der Waals surface area contributed by atoms with Gasteiger partial charge in [0.2, 0.25) is 0 Å². The molecule has 1 aliphatic carbocycles. The highest BCUT2D eigenvalue weighted by Gasteiger charge is 2.41. The fourth-order valence-electron chi connectivity index (χ4n) is 9.78. The van der Waals surface area contributed by atoms with E-state index in [0.717, 1.165) is 6.42 Å². The molecule has 1 heteroatoms. The predicted octanol–water partition coefficient (Wildman–Crippen LogP) is 16.2. The second-order valence-corrected chi connectivity index (χ2v) is 17.1. The Kier molecular flexibility index (Phi) is 9.02. The van der Waals surface area contributed by atoms with Crippen molar-refractivity contribution in [1.82, 2.24) is 0 Å². The number of thiophene rings is 1. The molecule has 0 nitrogen and oxygen atoms in total. The molecule has 9 rings (SSSR count). The van der Waals surface area contributed by atoms with Crippen LogP contribution in [0.1, 0.15) is 72.9 Å². The minimum absolute atomic E-state index is 0.130. The Morgan fingerprint density at radius 3 is 1.73 bits per heavy atom. The number of hydrogen-bond acceptors (Lipinski definition) is 1. The van der Waals surface area contributed by atoms with Gasteiger partial charge in [0.25, 0.3) is 0 Å². The molecule has 8 aromatic rings. The van der Waals surface area contributed by atoms with Crippen molar-refractivity contribution in [2.75, 3.05) is 0 Å². The topological polar surface area (TPSA) is 0 Å². The zero-order valence-corrected chi connectivity index (χ0v) is 34.4. The molecular weight excluding hydrogens is 693 g/mol. The van der Waals surface area contributed by atoms with E-state index in [2.05, 4.69) is 200 Å². The molecule has 0 fully saturated rings. The first-order valence-electron chi connectivity index (χ1n) is 20.0. The van der Waals surface area contributed by atoms with Gasteiger partial charge in [-0.05, 0) is 135 Å². The summed E-state index contributed by atoms with van der Waals surface area (Å²) in [5, 5.41) is 9.29. The summed E-state index contributed by atoms with van der Waals surface area (Å²) < 4.78 is 1.41. The Bertz CT molecular complexity index is 2950. The zero-order valence-electron chi connectivity index (χ0n) is 33.5. The van der Waals surface area contributed by atoms with Crippen LogP contribution in [0.4, 0.5) is 0 Å². The van der Waals surface area contributed by atoms with Crippen molar-refractivity contribution in [2.45, 2.75) is 60.3 Å². The van der Waals surface area contributed by atoms with E-state index in [4.69, 9.17) is 0 Å². The molecule has 0 aliphatic heterocycles. The first-order chi connectivity index (χ1) is 27.3. The van der Waals surface area contributed by atoms with E-state index >= 15 is 0 Å². The molecule has 0 saturated heterocycles. The molecule has 0 atom stereocenters. The van der Waals surface area contributed by atoms with Crippen molar-refractivity contribution in [3.8, 4) is 22.3 Å². The highest BCUT2D eigenvalue weighted by molar-refractivity contribution is 7.20. The van der Waals surface area contributed by atoms with Crippen molar-refractivity contribution in [3.05, 3.63) is 183 Å². The normalized spacial score (nSPS) is 15.6. The van der Waals surface area contributed by atoms with Gasteiger partial charge < -0.3 is 0 Å². The van der Waals surface area contributed by atoms with Gasteiger partial charge in [0.05, 0.1) is 0 Å². The summed E-state index contributed by atoms with van der Waals surface area (Å²) in [6.45, 7) is 15.8. The second-order valence-electron chi connectivity index (χ2n) is 15.8. The summed E-state index contributed by atoms with van der Waals surface area (Å²) in [7, 11) is 0. The van der Waals surface area contributed by atoms with E-state index in [1.54, 1.807) is 0 Å². The van der Waals surface area contributed by atoms with Gasteiger partial charge >= 0.3 is 0 Å². The highest BCUT2D eigenvalue weighted by Crippen LogP contribution is 2.57. The van der Waals surface area contributed by atoms with Gasteiger partial charge in [-0.3, -0.25) is 0 Å². The van der Waals surface area contributed by atoms with E-state index in [9.17, 15) is 0 Å². The lowest BCUT2D eigenvalue weighted by molar-refractivity contribution is 0.666. The van der Waals surface area contributed by atoms with E-state index < -0.39 is 0 Å². The molecule has 0 saturated carbocycles. The molecule has 0 spiro atoms. The first-order valence-corrected chi connectivity index (χ1v) is 20.8. The molecule has 1 aromatic heterocycles. The van der Waals surface area contributed by atoms with Crippen molar-refractivity contribution < 1.29 is 0 Å². The maximum atomic E-state index is 2.52. The van der Waals surface area contributed by atoms with Crippen LogP contribution in [0.15, 0.2) is 145 Å². The number of allylic oxidation sites excluding steroid dienone is 6. The summed E-state index contributed by atoms with van der Waals surface area (Å²) in [6.07, 6.45) is 14.6. The van der Waals surface area contributed by atoms with Crippen LogP contribution in [0.2, 0.25) is 0 Å². The van der Waals surface area contributed by atoms with Crippen LogP contribution in [-0.4, -0.2) is 0 Å². The maximum absolute atomic E-state index is 2.52. The highest BCUT2D eigenvalue weighted by atomic mass is 32.1. The van der Waals surface area contributed by atoms with Crippen molar-refractivity contribution in [3.63, 3.8) is 0 Å². The SMILES string of the molecule is C/C=C\c1ccc(-c2c3ccccc3c(-c3cccc(C/C=C4\C(=C/C)C(C)(C)c5c4c4ccccc4c4sc(C)c(/C=C\C)c54)c3)c3ccccc23)cc1C. The van der Waals surface area contributed by atoms with Gasteiger partial charge in [0.15, 0.2) is 0 Å². The molecule has 274 valence electrons. The van der Waals surface area contributed by atoms with E-state index in [-0.39, 0.29) is 5.41 Å². The second kappa shape index (κ2) is 14.1. The van der Waals surface area contributed by atoms with Gasteiger partial charge in [-0.1, -0.05) is 166 Å². The lowest BCUT2D eigenvalue weighted by atomic mass is 9.79. The van der Waals surface area contributed by atoms with E-state index in [0.29, 0.717) is 0 Å². The number of hydrogen-bond donors (Lipinski definition) is 0. The minimum atomic E-state index is -0.130. The average Bonchev–Trinajstić information content (AvgIpc) is 3.65. The maximum Gasteiger partial charge on any atom is 0.0433 e. The molecule has 0 unspecified atom stereocenters. The van der Waals surface area contributed by atoms with Gasteiger partial charge in [-0.2, -0.15) is 0 Å². The van der Waals surface area contributed by atoms with Gasteiger partial charge in [-0.15, -0.1) is 11.3 Å². The summed E-state index contributed by atoms with van der Waals surface area (Å²) in [5.41, 5.74) is 15.9. The van der Waals surface area contributed by atoms with Crippen molar-refractivity contribution in [2.24, 2.45) is 0 Å². The van der Waals surface area contributed by atoms with Crippen LogP contribution < -0.4 is 0 Å². The standard InChI is InChI=1S/C55H48S/c1-8-18-37-29-30-39(32-34(37)4)50-43-24-13-11-22-41(43)49(42-23-12-14-25-44(42)50)38-21-17-20-36(33-38)28-31-47-48(10-3)55(6,7)53-51(47)45-26-15-16-27-46(45)54-52(53)40(19-9-2)35(5)56-54/h8-27,29-33H,28H2,1-7H3/b18-8-,19-9-,47-31+,48-10+. The molecule has 56 heavy (non-hydrogen) atoms. The molecule has 0 radical (unpaired) electrons. The Balaban J connectivity index is 1.22. The van der Waals surface area contributed by atoms with Gasteiger partial charge in [-0.25, -0.2) is 0 Å². The lowest BCUT2D eigenvalue weighted by Gasteiger charge is -2.23. The first kappa shape index (κ1) is 35.9. The van der Waals surface area contributed by atoms with E-state index in [1.165, 1.54) is 114 Å². The van der Waals surface area contributed by atoms with Gasteiger partial charge in [0, 0.05) is 25.8 Å². The number of benzene rings is 7. The van der Waals surface area contributed by atoms with Crippen LogP contribution in [0.5, 0.6) is 0 Å². The van der Waals surface area contributed by atoms with Crippen LogP contribution in [0.25, 0.3) is 82.4 Å². The quantitative estimate of drug-likeness (QED) is 0.149. The summed E-state index contributed by atoms with van der Waals surface area (Å²) >= 11 is 1.95. The van der Waals surface area contributed by atoms with Crippen molar-refractivity contribution in [1.29, 1.82) is 0 Å². The molecule has 7 aromatic carbocycles. The fraction of sp³-hybridized carbons (Fsp3) is 0.164. The molecular formula is C55H48S. The Morgan fingerprint density at radius 1 is 0.589 bits per heavy atom.